The summed E-state index contributed by atoms with van der Waals surface area (Å²) < 4.78 is 40.3. The number of carbonyl (C=O) groups excluding carboxylic acids is 1. The first-order valence-corrected chi connectivity index (χ1v) is 9.61. The summed E-state index contributed by atoms with van der Waals surface area (Å²) in [5.41, 5.74) is 5.80. The second kappa shape index (κ2) is 8.36. The molecular weight excluding hydrogens is 405 g/mol. The van der Waals surface area contributed by atoms with Crippen molar-refractivity contribution in [1.82, 2.24) is 15.1 Å². The number of alkyl halides is 3. The molecular formula is C20H24ClF3N4O. The van der Waals surface area contributed by atoms with Crippen LogP contribution in [0.3, 0.4) is 0 Å². The van der Waals surface area contributed by atoms with Gasteiger partial charge in [-0.15, -0.1) is 12.4 Å². The van der Waals surface area contributed by atoms with Gasteiger partial charge in [0.1, 0.15) is 5.69 Å². The van der Waals surface area contributed by atoms with Crippen molar-refractivity contribution in [3.8, 4) is 5.69 Å². The zero-order valence-electron chi connectivity index (χ0n) is 15.7. The number of nitrogens with two attached hydrogens (primary N) is 1. The van der Waals surface area contributed by atoms with Gasteiger partial charge in [-0.3, -0.25) is 4.79 Å². The first-order chi connectivity index (χ1) is 13.3. The Labute approximate surface area is 173 Å². The molecule has 2 atom stereocenters. The highest BCUT2D eigenvalue weighted by molar-refractivity contribution is 5.95. The van der Waals surface area contributed by atoms with E-state index in [0.717, 1.165) is 49.0 Å². The highest BCUT2D eigenvalue weighted by atomic mass is 35.5. The molecule has 2 aromatic rings. The average Bonchev–Trinajstić information content (AvgIpc) is 3.13. The van der Waals surface area contributed by atoms with Gasteiger partial charge in [0.25, 0.3) is 5.91 Å². The average molecular weight is 429 g/mol. The van der Waals surface area contributed by atoms with Gasteiger partial charge >= 0.3 is 6.18 Å². The van der Waals surface area contributed by atoms with Gasteiger partial charge in [-0.25, -0.2) is 4.68 Å². The van der Waals surface area contributed by atoms with Crippen LogP contribution in [0.5, 0.6) is 0 Å². The minimum atomic E-state index is -4.52. The minimum Gasteiger partial charge on any atom is -0.349 e. The maximum Gasteiger partial charge on any atom is 0.433 e. The number of halogens is 4. The molecule has 1 amide bonds. The quantitative estimate of drug-likeness (QED) is 0.777. The van der Waals surface area contributed by atoms with Crippen LogP contribution in [0.25, 0.3) is 5.69 Å². The van der Waals surface area contributed by atoms with Gasteiger partial charge in [-0.2, -0.15) is 18.3 Å². The lowest BCUT2D eigenvalue weighted by Crippen LogP contribution is -2.53. The monoisotopic (exact) mass is 428 g/mol. The van der Waals surface area contributed by atoms with Crippen molar-refractivity contribution < 1.29 is 18.0 Å². The van der Waals surface area contributed by atoms with Gasteiger partial charge in [-0.1, -0.05) is 12.5 Å². The molecule has 0 radical (unpaired) electrons. The number of hydrogen-bond donors (Lipinski definition) is 2. The van der Waals surface area contributed by atoms with Crippen LogP contribution in [-0.4, -0.2) is 27.8 Å². The van der Waals surface area contributed by atoms with Crippen LogP contribution >= 0.6 is 12.4 Å². The molecule has 1 aromatic carbocycles. The third-order valence-electron chi connectivity index (χ3n) is 5.96. The molecule has 158 valence electrons. The number of amides is 1. The Balaban J connectivity index is 0.00000240. The van der Waals surface area contributed by atoms with E-state index in [-0.39, 0.29) is 36.1 Å². The smallest absolute Gasteiger partial charge is 0.349 e. The molecule has 2 unspecified atom stereocenters. The van der Waals surface area contributed by atoms with Crippen LogP contribution in [0, 0.1) is 11.8 Å². The molecule has 2 saturated carbocycles. The number of benzene rings is 1. The van der Waals surface area contributed by atoms with E-state index in [4.69, 9.17) is 5.73 Å². The number of fused-ring (bicyclic) bond motifs is 2. The van der Waals surface area contributed by atoms with Crippen molar-refractivity contribution in [2.75, 3.05) is 0 Å². The lowest BCUT2D eigenvalue weighted by molar-refractivity contribution is -0.142. The van der Waals surface area contributed by atoms with Crippen LogP contribution < -0.4 is 11.1 Å². The summed E-state index contributed by atoms with van der Waals surface area (Å²) in [6.07, 6.45) is 1.65. The second-order valence-corrected chi connectivity index (χ2v) is 7.86. The van der Waals surface area contributed by atoms with Crippen LogP contribution in [0.15, 0.2) is 36.5 Å². The molecule has 3 N–H and O–H groups in total. The first-order valence-electron chi connectivity index (χ1n) is 9.61. The lowest BCUT2D eigenvalue weighted by Gasteiger charge is -2.45. The van der Waals surface area contributed by atoms with E-state index in [1.54, 1.807) is 12.1 Å². The zero-order valence-corrected chi connectivity index (χ0v) is 16.5. The number of nitrogens with zero attached hydrogens (tertiary/aromatic N) is 2. The van der Waals surface area contributed by atoms with Gasteiger partial charge in [0.05, 0.1) is 11.9 Å². The number of aromatic nitrogens is 2. The Kier molecular flexibility index (Phi) is 6.24. The van der Waals surface area contributed by atoms with Crippen molar-refractivity contribution in [2.24, 2.45) is 17.6 Å². The van der Waals surface area contributed by atoms with Crippen molar-refractivity contribution in [1.29, 1.82) is 0 Å². The molecule has 2 fully saturated rings. The summed E-state index contributed by atoms with van der Waals surface area (Å²) >= 11 is 0. The molecule has 1 heterocycles. The van der Waals surface area contributed by atoms with E-state index in [1.807, 2.05) is 0 Å². The van der Waals surface area contributed by atoms with Crippen molar-refractivity contribution in [3.63, 3.8) is 0 Å². The molecule has 4 rings (SSSR count). The SMILES string of the molecule is Cl.NC1CC2CCCC(C1)C2NC(=O)c1cccc(-n2nccc2C(F)(F)F)c1. The van der Waals surface area contributed by atoms with Crippen molar-refractivity contribution in [3.05, 3.63) is 47.8 Å². The Morgan fingerprint density at radius 2 is 1.86 bits per heavy atom. The van der Waals surface area contributed by atoms with Gasteiger partial charge in [0, 0.05) is 17.6 Å². The Bertz CT molecular complexity index is 855. The van der Waals surface area contributed by atoms with E-state index in [0.29, 0.717) is 17.4 Å². The van der Waals surface area contributed by atoms with Crippen molar-refractivity contribution >= 4 is 18.3 Å². The fourth-order valence-corrected chi connectivity index (χ4v) is 4.76. The largest absolute Gasteiger partial charge is 0.433 e. The van der Waals surface area contributed by atoms with Crippen LogP contribution in [0.1, 0.15) is 48.2 Å². The molecule has 2 bridgehead atoms. The third kappa shape index (κ3) is 4.43. The van der Waals surface area contributed by atoms with E-state index in [2.05, 4.69) is 10.4 Å². The van der Waals surface area contributed by atoms with Crippen LogP contribution in [0.4, 0.5) is 13.2 Å². The predicted molar refractivity (Wildman–Crippen MR) is 105 cm³/mol. The number of hydrogen-bond acceptors (Lipinski definition) is 3. The molecule has 5 nitrogen and oxygen atoms in total. The summed E-state index contributed by atoms with van der Waals surface area (Å²) in [7, 11) is 0. The summed E-state index contributed by atoms with van der Waals surface area (Å²) in [5.74, 6) is 0.482. The molecule has 0 spiro atoms. The van der Waals surface area contributed by atoms with Crippen molar-refractivity contribution in [2.45, 2.75) is 50.4 Å². The molecule has 0 aliphatic heterocycles. The summed E-state index contributed by atoms with van der Waals surface area (Å²) in [5, 5.41) is 6.90. The van der Waals surface area contributed by atoms with E-state index < -0.39 is 11.9 Å². The number of rotatable bonds is 3. The first kappa shape index (κ1) is 21.6. The van der Waals surface area contributed by atoms with Crippen LogP contribution in [0.2, 0.25) is 0 Å². The summed E-state index contributed by atoms with van der Waals surface area (Å²) in [6.45, 7) is 0. The van der Waals surface area contributed by atoms with Gasteiger partial charge < -0.3 is 11.1 Å². The summed E-state index contributed by atoms with van der Waals surface area (Å²) in [4.78, 5) is 12.8. The molecule has 9 heteroatoms. The second-order valence-electron chi connectivity index (χ2n) is 7.86. The molecule has 2 aliphatic carbocycles. The summed E-state index contributed by atoms with van der Waals surface area (Å²) in [6, 6.07) is 7.32. The van der Waals surface area contributed by atoms with E-state index in [9.17, 15) is 18.0 Å². The number of nitrogens with one attached hydrogen (secondary N) is 1. The predicted octanol–water partition coefficient (Wildman–Crippen LogP) is 3.95. The lowest BCUT2D eigenvalue weighted by atomic mass is 9.67. The molecule has 0 saturated heterocycles. The minimum absolute atomic E-state index is 0. The Morgan fingerprint density at radius 3 is 2.52 bits per heavy atom. The van der Waals surface area contributed by atoms with Gasteiger partial charge in [0.15, 0.2) is 0 Å². The highest BCUT2D eigenvalue weighted by Gasteiger charge is 2.40. The van der Waals surface area contributed by atoms with Gasteiger partial charge in [-0.05, 0) is 61.8 Å². The zero-order chi connectivity index (χ0) is 19.9. The fourth-order valence-electron chi connectivity index (χ4n) is 4.76. The Hall–Kier alpha value is -2.06. The van der Waals surface area contributed by atoms with Crippen LogP contribution in [-0.2, 0) is 6.18 Å². The third-order valence-corrected chi connectivity index (χ3v) is 5.96. The molecule has 29 heavy (non-hydrogen) atoms. The fraction of sp³-hybridized carbons (Fsp3) is 0.500. The molecule has 2 aliphatic rings. The van der Waals surface area contributed by atoms with Gasteiger partial charge in [0.2, 0.25) is 0 Å². The van der Waals surface area contributed by atoms with E-state index >= 15 is 0 Å². The maximum absolute atomic E-state index is 13.1. The standard InChI is InChI=1S/C20H23F3N4O.ClH/c21-20(22,23)17-7-8-25-27(17)16-6-2-5-14(11-16)19(28)26-18-12-3-1-4-13(18)10-15(24)9-12;/h2,5-8,11-13,15,18H,1,3-4,9-10,24H2,(H,26,28);1H. The Morgan fingerprint density at radius 1 is 1.17 bits per heavy atom. The maximum atomic E-state index is 13.1. The highest BCUT2D eigenvalue weighted by Crippen LogP contribution is 2.39. The number of carbonyl (C=O) groups is 1. The molecule has 1 aromatic heterocycles. The normalized spacial score (nSPS) is 26.5. The topological polar surface area (TPSA) is 72.9 Å². The van der Waals surface area contributed by atoms with E-state index in [1.165, 1.54) is 12.1 Å².